The molecule has 2 N–H and O–H groups in total. The Morgan fingerprint density at radius 3 is 2.35 bits per heavy atom. The zero-order valence-electron chi connectivity index (χ0n) is 11.6. The molecular formula is C13H28N2O2. The van der Waals surface area contributed by atoms with Crippen LogP contribution >= 0.6 is 0 Å². The van der Waals surface area contributed by atoms with Crippen molar-refractivity contribution >= 4 is 0 Å². The molecule has 1 rings (SSSR count). The second-order valence-corrected chi connectivity index (χ2v) is 4.94. The maximum atomic E-state index is 6.05. The quantitative estimate of drug-likeness (QED) is 0.732. The van der Waals surface area contributed by atoms with Gasteiger partial charge >= 0.3 is 0 Å². The van der Waals surface area contributed by atoms with E-state index in [9.17, 15) is 0 Å². The summed E-state index contributed by atoms with van der Waals surface area (Å²) in [5, 5.41) is 0. The molecule has 4 heteroatoms. The van der Waals surface area contributed by atoms with Crippen molar-refractivity contribution in [3.63, 3.8) is 0 Å². The number of hydrogen-bond donors (Lipinski definition) is 1. The largest absolute Gasteiger partial charge is 0.383 e. The first kappa shape index (κ1) is 14.9. The van der Waals surface area contributed by atoms with Gasteiger partial charge in [0.1, 0.15) is 0 Å². The molecule has 0 aromatic carbocycles. The van der Waals surface area contributed by atoms with E-state index in [1.807, 2.05) is 7.11 Å². The normalized spacial score (nSPS) is 29.8. The minimum atomic E-state index is 0.169. The Kier molecular flexibility index (Phi) is 6.41. The molecule has 17 heavy (non-hydrogen) atoms. The Hall–Kier alpha value is -0.160. The summed E-state index contributed by atoms with van der Waals surface area (Å²) in [6.07, 6.45) is 4.95. The summed E-state index contributed by atoms with van der Waals surface area (Å²) in [5.41, 5.74) is 6.22. The molecule has 0 aliphatic heterocycles. The van der Waals surface area contributed by atoms with E-state index >= 15 is 0 Å². The monoisotopic (exact) mass is 244 g/mol. The van der Waals surface area contributed by atoms with E-state index in [1.165, 1.54) is 0 Å². The fourth-order valence-corrected chi connectivity index (χ4v) is 2.95. The molecule has 1 aliphatic rings. The SMILES string of the molecule is CCN(CCOC)C1(CN)CCC(OC)CC1. The van der Waals surface area contributed by atoms with Crippen molar-refractivity contribution in [2.45, 2.75) is 44.2 Å². The topological polar surface area (TPSA) is 47.7 Å². The minimum Gasteiger partial charge on any atom is -0.383 e. The van der Waals surface area contributed by atoms with Crippen LogP contribution in [-0.4, -0.2) is 57.0 Å². The number of nitrogens with zero attached hydrogens (tertiary/aromatic N) is 1. The Morgan fingerprint density at radius 2 is 1.94 bits per heavy atom. The molecule has 1 fully saturated rings. The third-order valence-corrected chi connectivity index (χ3v) is 4.19. The predicted octanol–water partition coefficient (Wildman–Crippen LogP) is 1.24. The molecule has 102 valence electrons. The van der Waals surface area contributed by atoms with Crippen LogP contribution in [0, 0.1) is 0 Å². The van der Waals surface area contributed by atoms with E-state index in [1.54, 1.807) is 7.11 Å². The zero-order chi connectivity index (χ0) is 12.7. The molecule has 0 aromatic rings. The molecule has 0 radical (unpaired) electrons. The fourth-order valence-electron chi connectivity index (χ4n) is 2.95. The van der Waals surface area contributed by atoms with Crippen molar-refractivity contribution in [3.8, 4) is 0 Å². The Balaban J connectivity index is 2.60. The van der Waals surface area contributed by atoms with Crippen LogP contribution in [0.1, 0.15) is 32.6 Å². The van der Waals surface area contributed by atoms with Crippen molar-refractivity contribution in [1.82, 2.24) is 4.90 Å². The number of nitrogens with two attached hydrogens (primary N) is 1. The van der Waals surface area contributed by atoms with E-state index in [4.69, 9.17) is 15.2 Å². The van der Waals surface area contributed by atoms with Gasteiger partial charge in [0.2, 0.25) is 0 Å². The third kappa shape index (κ3) is 3.65. The Morgan fingerprint density at radius 1 is 1.29 bits per heavy atom. The summed E-state index contributed by atoms with van der Waals surface area (Å²) in [4.78, 5) is 2.49. The lowest BCUT2D eigenvalue weighted by atomic mass is 9.79. The summed E-state index contributed by atoms with van der Waals surface area (Å²) >= 11 is 0. The van der Waals surface area contributed by atoms with Gasteiger partial charge in [-0.3, -0.25) is 4.90 Å². The van der Waals surface area contributed by atoms with Gasteiger partial charge in [0, 0.05) is 32.8 Å². The number of rotatable bonds is 7. The van der Waals surface area contributed by atoms with Crippen LogP contribution in [0.2, 0.25) is 0 Å². The van der Waals surface area contributed by atoms with Gasteiger partial charge in [-0.15, -0.1) is 0 Å². The van der Waals surface area contributed by atoms with Gasteiger partial charge in [0.15, 0.2) is 0 Å². The van der Waals surface area contributed by atoms with E-state index < -0.39 is 0 Å². The lowest BCUT2D eigenvalue weighted by Gasteiger charge is -2.47. The predicted molar refractivity (Wildman–Crippen MR) is 70.2 cm³/mol. The lowest BCUT2D eigenvalue weighted by Crippen LogP contribution is -2.57. The first-order valence-corrected chi connectivity index (χ1v) is 6.69. The summed E-state index contributed by atoms with van der Waals surface area (Å²) < 4.78 is 10.6. The molecule has 4 nitrogen and oxygen atoms in total. The van der Waals surface area contributed by atoms with Gasteiger partial charge in [-0.1, -0.05) is 6.92 Å². The second kappa shape index (κ2) is 7.31. The summed E-state index contributed by atoms with van der Waals surface area (Å²) in [6, 6.07) is 0. The van der Waals surface area contributed by atoms with Crippen molar-refractivity contribution in [2.75, 3.05) is 40.5 Å². The summed E-state index contributed by atoms with van der Waals surface area (Å²) in [5.74, 6) is 0. The van der Waals surface area contributed by atoms with Crippen molar-refractivity contribution < 1.29 is 9.47 Å². The number of likely N-dealkylation sites (N-methyl/N-ethyl adjacent to an activating group) is 1. The highest BCUT2D eigenvalue weighted by atomic mass is 16.5. The summed E-state index contributed by atoms with van der Waals surface area (Å²) in [6.45, 7) is 5.74. The molecule has 1 aliphatic carbocycles. The van der Waals surface area contributed by atoms with Gasteiger partial charge in [0.25, 0.3) is 0 Å². The van der Waals surface area contributed by atoms with Gasteiger partial charge in [0.05, 0.1) is 12.7 Å². The highest BCUT2D eigenvalue weighted by Gasteiger charge is 2.38. The molecule has 0 aromatic heterocycles. The minimum absolute atomic E-state index is 0.169. The van der Waals surface area contributed by atoms with E-state index in [2.05, 4.69) is 11.8 Å². The van der Waals surface area contributed by atoms with E-state index in [-0.39, 0.29) is 5.54 Å². The maximum absolute atomic E-state index is 6.05. The van der Waals surface area contributed by atoms with E-state index in [0.29, 0.717) is 6.10 Å². The van der Waals surface area contributed by atoms with Crippen LogP contribution in [0.25, 0.3) is 0 Å². The highest BCUT2D eigenvalue weighted by Crippen LogP contribution is 2.33. The Labute approximate surface area is 105 Å². The third-order valence-electron chi connectivity index (χ3n) is 4.19. The molecule has 0 saturated heterocycles. The second-order valence-electron chi connectivity index (χ2n) is 4.94. The molecular weight excluding hydrogens is 216 g/mol. The molecule has 1 saturated carbocycles. The smallest absolute Gasteiger partial charge is 0.0589 e. The van der Waals surface area contributed by atoms with Crippen LogP contribution in [0.15, 0.2) is 0 Å². The highest BCUT2D eigenvalue weighted by molar-refractivity contribution is 4.96. The van der Waals surface area contributed by atoms with Crippen molar-refractivity contribution in [2.24, 2.45) is 5.73 Å². The van der Waals surface area contributed by atoms with Crippen LogP contribution in [0.4, 0.5) is 0 Å². The average molecular weight is 244 g/mol. The molecule has 0 unspecified atom stereocenters. The van der Waals surface area contributed by atoms with Gasteiger partial charge in [-0.2, -0.15) is 0 Å². The number of ether oxygens (including phenoxy) is 2. The van der Waals surface area contributed by atoms with Crippen LogP contribution < -0.4 is 5.73 Å². The number of hydrogen-bond acceptors (Lipinski definition) is 4. The standard InChI is InChI=1S/C13H28N2O2/c1-4-15(9-10-16-2)13(11-14)7-5-12(17-3)6-8-13/h12H,4-11,14H2,1-3H3. The molecule has 0 spiro atoms. The van der Waals surface area contributed by atoms with E-state index in [0.717, 1.165) is 51.9 Å². The molecule has 0 bridgehead atoms. The van der Waals surface area contributed by atoms with Crippen molar-refractivity contribution in [3.05, 3.63) is 0 Å². The first-order valence-electron chi connectivity index (χ1n) is 6.69. The first-order chi connectivity index (χ1) is 8.22. The van der Waals surface area contributed by atoms with Crippen LogP contribution in [0.3, 0.4) is 0 Å². The molecule has 0 amide bonds. The molecule has 0 heterocycles. The summed E-state index contributed by atoms with van der Waals surface area (Å²) in [7, 11) is 3.56. The number of methoxy groups -OCH3 is 2. The van der Waals surface area contributed by atoms with Crippen LogP contribution in [0.5, 0.6) is 0 Å². The fraction of sp³-hybridized carbons (Fsp3) is 1.00. The van der Waals surface area contributed by atoms with Crippen molar-refractivity contribution in [1.29, 1.82) is 0 Å². The lowest BCUT2D eigenvalue weighted by molar-refractivity contribution is -0.0130. The molecule has 0 atom stereocenters. The van der Waals surface area contributed by atoms with Crippen LogP contribution in [-0.2, 0) is 9.47 Å². The van der Waals surface area contributed by atoms with Gasteiger partial charge in [-0.25, -0.2) is 0 Å². The average Bonchev–Trinajstić information content (AvgIpc) is 2.40. The van der Waals surface area contributed by atoms with Gasteiger partial charge < -0.3 is 15.2 Å². The maximum Gasteiger partial charge on any atom is 0.0589 e. The van der Waals surface area contributed by atoms with Gasteiger partial charge in [-0.05, 0) is 32.2 Å². The zero-order valence-corrected chi connectivity index (χ0v) is 11.6. The Bertz CT molecular complexity index is 204.